The van der Waals surface area contributed by atoms with Crippen molar-refractivity contribution in [3.63, 3.8) is 0 Å². The zero-order chi connectivity index (χ0) is 30.1. The monoisotopic (exact) mass is 579 g/mol. The average Bonchev–Trinajstić information content (AvgIpc) is 3.48. The standard InChI is InChI=1S/C18H21N7O.2C2HF3O2/c1-23-11-15(8-21-23)18(26)20-9-16-12-25-6-5-24(13-17(25)22-16)10-14-3-2-4-19-7-14;2*3-2(4,5)1(6)7/h2-4,7-8,11-12H,5-6,9-10,13H2,1H3,(H,20,26);2*(H,6,7). The van der Waals surface area contributed by atoms with Crippen LogP contribution in [0.2, 0.25) is 0 Å². The van der Waals surface area contributed by atoms with Crippen LogP contribution in [0.1, 0.15) is 27.4 Å². The van der Waals surface area contributed by atoms with Gasteiger partial charge in [0, 0.05) is 51.5 Å². The first-order chi connectivity index (χ1) is 18.6. The highest BCUT2D eigenvalue weighted by atomic mass is 19.4. The maximum Gasteiger partial charge on any atom is 0.490 e. The summed E-state index contributed by atoms with van der Waals surface area (Å²) in [6.45, 7) is 3.95. The molecule has 0 spiro atoms. The van der Waals surface area contributed by atoms with Gasteiger partial charge in [-0.25, -0.2) is 14.6 Å². The number of nitrogens with zero attached hydrogens (tertiary/aromatic N) is 6. The fourth-order valence-corrected chi connectivity index (χ4v) is 3.14. The number of pyridine rings is 1. The Morgan fingerprint density at radius 1 is 1.00 bits per heavy atom. The molecule has 0 saturated carbocycles. The molecule has 4 heterocycles. The van der Waals surface area contributed by atoms with E-state index >= 15 is 0 Å². The van der Waals surface area contributed by atoms with Gasteiger partial charge in [-0.2, -0.15) is 31.4 Å². The molecule has 0 aromatic carbocycles. The number of aromatic nitrogens is 5. The fraction of sp³-hybridized carbons (Fsp3) is 0.364. The Morgan fingerprint density at radius 3 is 2.12 bits per heavy atom. The lowest BCUT2D eigenvalue weighted by molar-refractivity contribution is -0.193. The summed E-state index contributed by atoms with van der Waals surface area (Å²) >= 11 is 0. The minimum atomic E-state index is -5.08. The third-order valence-electron chi connectivity index (χ3n) is 4.94. The van der Waals surface area contributed by atoms with E-state index in [2.05, 4.69) is 35.9 Å². The van der Waals surface area contributed by atoms with Gasteiger partial charge in [0.05, 0.1) is 30.5 Å². The lowest BCUT2D eigenvalue weighted by Crippen LogP contribution is -2.33. The minimum Gasteiger partial charge on any atom is -0.475 e. The van der Waals surface area contributed by atoms with Gasteiger partial charge in [-0.1, -0.05) is 6.07 Å². The van der Waals surface area contributed by atoms with Crippen molar-refractivity contribution in [3.8, 4) is 0 Å². The van der Waals surface area contributed by atoms with E-state index < -0.39 is 24.3 Å². The SMILES string of the molecule is Cn1cc(C(=O)NCc2cn3c(n2)CN(Cc2cccnc2)CC3)cn1.O=C(O)C(F)(F)F.O=C(O)C(F)(F)F. The summed E-state index contributed by atoms with van der Waals surface area (Å²) in [5.41, 5.74) is 2.64. The molecule has 18 heteroatoms. The number of halogens is 6. The molecular formula is C22H23F6N7O5. The number of carboxylic acid groups (broad SMARTS) is 2. The third kappa shape index (κ3) is 10.4. The number of fused-ring (bicyclic) bond motifs is 1. The number of aliphatic carboxylic acids is 2. The van der Waals surface area contributed by atoms with Gasteiger partial charge in [0.15, 0.2) is 0 Å². The molecule has 12 nitrogen and oxygen atoms in total. The molecule has 0 radical (unpaired) electrons. The number of carbonyl (C=O) groups is 3. The summed E-state index contributed by atoms with van der Waals surface area (Å²) < 4.78 is 67.3. The predicted octanol–water partition coefficient (Wildman–Crippen LogP) is 2.22. The molecule has 3 aromatic heterocycles. The number of hydrogen-bond acceptors (Lipinski definition) is 7. The molecular weight excluding hydrogens is 556 g/mol. The maximum absolute atomic E-state index is 12.1. The van der Waals surface area contributed by atoms with Crippen LogP contribution >= 0.6 is 0 Å². The summed E-state index contributed by atoms with van der Waals surface area (Å²) in [4.78, 5) is 41.1. The smallest absolute Gasteiger partial charge is 0.475 e. The molecule has 0 unspecified atom stereocenters. The van der Waals surface area contributed by atoms with Crippen LogP contribution in [0.15, 0.2) is 43.1 Å². The van der Waals surface area contributed by atoms with Crippen molar-refractivity contribution in [2.24, 2.45) is 7.05 Å². The molecule has 0 fully saturated rings. The van der Waals surface area contributed by atoms with Gasteiger partial charge < -0.3 is 20.1 Å². The van der Waals surface area contributed by atoms with Gasteiger partial charge in [0.2, 0.25) is 0 Å². The van der Waals surface area contributed by atoms with Crippen molar-refractivity contribution in [3.05, 3.63) is 65.8 Å². The number of aryl methyl sites for hydroxylation is 1. The highest BCUT2D eigenvalue weighted by Gasteiger charge is 2.38. The molecule has 3 aromatic rings. The van der Waals surface area contributed by atoms with E-state index in [1.807, 2.05) is 18.5 Å². The van der Waals surface area contributed by atoms with E-state index in [1.54, 1.807) is 30.3 Å². The Balaban J connectivity index is 0.000000333. The molecule has 1 amide bonds. The highest BCUT2D eigenvalue weighted by molar-refractivity contribution is 5.93. The Morgan fingerprint density at radius 2 is 1.62 bits per heavy atom. The third-order valence-corrected chi connectivity index (χ3v) is 4.94. The topological polar surface area (TPSA) is 155 Å². The van der Waals surface area contributed by atoms with Gasteiger partial charge in [-0.3, -0.25) is 19.4 Å². The molecule has 0 bridgehead atoms. The van der Waals surface area contributed by atoms with E-state index in [-0.39, 0.29) is 5.91 Å². The van der Waals surface area contributed by atoms with Crippen LogP contribution in [0.3, 0.4) is 0 Å². The lowest BCUT2D eigenvalue weighted by atomic mass is 10.2. The predicted molar refractivity (Wildman–Crippen MR) is 122 cm³/mol. The van der Waals surface area contributed by atoms with Crippen molar-refractivity contribution < 1.29 is 50.9 Å². The maximum atomic E-state index is 12.1. The van der Waals surface area contributed by atoms with Gasteiger partial charge in [-0.15, -0.1) is 0 Å². The van der Waals surface area contributed by atoms with E-state index in [0.29, 0.717) is 12.1 Å². The quantitative estimate of drug-likeness (QED) is 0.386. The van der Waals surface area contributed by atoms with E-state index in [0.717, 1.165) is 37.7 Å². The Hall–Kier alpha value is -4.48. The molecule has 0 saturated heterocycles. The minimum absolute atomic E-state index is 0.137. The number of carboxylic acids is 2. The Labute approximate surface area is 221 Å². The van der Waals surface area contributed by atoms with Gasteiger partial charge in [0.1, 0.15) is 5.82 Å². The average molecular weight is 579 g/mol. The number of carbonyl (C=O) groups excluding carboxylic acids is 1. The van der Waals surface area contributed by atoms with E-state index in [1.165, 1.54) is 5.56 Å². The molecule has 3 N–H and O–H groups in total. The highest BCUT2D eigenvalue weighted by Crippen LogP contribution is 2.16. The van der Waals surface area contributed by atoms with E-state index in [9.17, 15) is 31.1 Å². The number of rotatable bonds is 5. The van der Waals surface area contributed by atoms with Crippen LogP contribution in [0.5, 0.6) is 0 Å². The van der Waals surface area contributed by atoms with Crippen LogP contribution in [0, 0.1) is 0 Å². The summed E-state index contributed by atoms with van der Waals surface area (Å²) in [5, 5.41) is 21.2. The first-order valence-electron chi connectivity index (χ1n) is 11.1. The van der Waals surface area contributed by atoms with Crippen LogP contribution < -0.4 is 5.32 Å². The van der Waals surface area contributed by atoms with Crippen molar-refractivity contribution in [1.29, 1.82) is 0 Å². The molecule has 218 valence electrons. The zero-order valence-electron chi connectivity index (χ0n) is 20.6. The Bertz CT molecular complexity index is 1270. The largest absolute Gasteiger partial charge is 0.490 e. The van der Waals surface area contributed by atoms with Crippen molar-refractivity contribution >= 4 is 17.8 Å². The van der Waals surface area contributed by atoms with Gasteiger partial charge in [-0.05, 0) is 11.6 Å². The van der Waals surface area contributed by atoms with Crippen LogP contribution in [-0.4, -0.2) is 76.2 Å². The van der Waals surface area contributed by atoms with Crippen LogP contribution in [-0.2, 0) is 42.8 Å². The molecule has 1 aliphatic rings. The van der Waals surface area contributed by atoms with Crippen LogP contribution in [0.25, 0.3) is 0 Å². The summed E-state index contributed by atoms with van der Waals surface area (Å²) in [6.07, 6.45) is -1.19. The first kappa shape index (κ1) is 31.7. The van der Waals surface area contributed by atoms with Crippen molar-refractivity contribution in [2.45, 2.75) is 38.5 Å². The van der Waals surface area contributed by atoms with Gasteiger partial charge in [0.25, 0.3) is 5.91 Å². The first-order valence-corrected chi connectivity index (χ1v) is 11.1. The van der Waals surface area contributed by atoms with Crippen LogP contribution in [0.4, 0.5) is 26.3 Å². The lowest BCUT2D eigenvalue weighted by Gasteiger charge is -2.27. The Kier molecular flexibility index (Phi) is 10.7. The molecule has 0 aliphatic carbocycles. The second-order valence-corrected chi connectivity index (χ2v) is 8.10. The molecule has 1 aliphatic heterocycles. The zero-order valence-corrected chi connectivity index (χ0v) is 20.6. The summed E-state index contributed by atoms with van der Waals surface area (Å²) in [7, 11) is 1.79. The fourth-order valence-electron chi connectivity index (χ4n) is 3.14. The molecule has 4 rings (SSSR count). The summed E-state index contributed by atoms with van der Waals surface area (Å²) in [6, 6.07) is 4.05. The summed E-state index contributed by atoms with van der Waals surface area (Å²) in [5.74, 6) is -4.62. The second-order valence-electron chi connectivity index (χ2n) is 8.10. The molecule has 40 heavy (non-hydrogen) atoms. The number of imidazole rings is 1. The second kappa shape index (κ2) is 13.5. The van der Waals surface area contributed by atoms with E-state index in [4.69, 9.17) is 19.8 Å². The van der Waals surface area contributed by atoms with Crippen molar-refractivity contribution in [2.75, 3.05) is 6.54 Å². The molecule has 0 atom stereocenters. The number of amides is 1. The normalized spacial score (nSPS) is 13.2. The number of alkyl halides is 6. The number of hydrogen-bond donors (Lipinski definition) is 3. The van der Waals surface area contributed by atoms with Crippen molar-refractivity contribution in [1.82, 2.24) is 34.5 Å². The number of nitrogens with one attached hydrogen (secondary N) is 1. The van der Waals surface area contributed by atoms with Gasteiger partial charge >= 0.3 is 24.3 Å².